The molecule has 0 radical (unpaired) electrons. The van der Waals surface area contributed by atoms with E-state index < -0.39 is 35.3 Å². The van der Waals surface area contributed by atoms with Crippen molar-refractivity contribution in [3.05, 3.63) is 53.7 Å². The van der Waals surface area contributed by atoms with Gasteiger partial charge in [0.1, 0.15) is 23.3 Å². The lowest BCUT2D eigenvalue weighted by molar-refractivity contribution is -0.120. The Labute approximate surface area is 174 Å². The van der Waals surface area contributed by atoms with Gasteiger partial charge in [0.25, 0.3) is 0 Å². The standard InChI is InChI=1S/C21H25F2N3O4/c1-21(2,3)30-20(28)25-17(10-13-8-14(22)11-15(23)9-13)19(27)26(4)16-6-7-18(29-5)24-12-16/h6-9,11-12,17H,10H2,1-5H3,(H,25,28)/t17-/m0/s1. The maximum absolute atomic E-state index is 13.6. The molecule has 162 valence electrons. The Hall–Kier alpha value is -3.23. The second kappa shape index (κ2) is 9.51. The van der Waals surface area contributed by atoms with Crippen molar-refractivity contribution in [1.82, 2.24) is 10.3 Å². The van der Waals surface area contributed by atoms with Gasteiger partial charge in [0.05, 0.1) is 19.0 Å². The molecule has 0 fully saturated rings. The highest BCUT2D eigenvalue weighted by molar-refractivity contribution is 5.98. The number of ether oxygens (including phenoxy) is 2. The summed E-state index contributed by atoms with van der Waals surface area (Å²) >= 11 is 0. The predicted molar refractivity (Wildman–Crippen MR) is 107 cm³/mol. The summed E-state index contributed by atoms with van der Waals surface area (Å²) < 4.78 is 37.4. The molecular weight excluding hydrogens is 396 g/mol. The van der Waals surface area contributed by atoms with Crippen molar-refractivity contribution in [3.63, 3.8) is 0 Å². The molecule has 0 bridgehead atoms. The summed E-state index contributed by atoms with van der Waals surface area (Å²) in [7, 11) is 2.97. The predicted octanol–water partition coefficient (Wildman–Crippen LogP) is 3.47. The molecular formula is C21H25F2N3O4. The highest BCUT2D eigenvalue weighted by atomic mass is 19.1. The van der Waals surface area contributed by atoms with Gasteiger partial charge >= 0.3 is 6.09 Å². The average Bonchev–Trinajstić information content (AvgIpc) is 2.64. The van der Waals surface area contributed by atoms with E-state index in [0.717, 1.165) is 18.2 Å². The van der Waals surface area contributed by atoms with Gasteiger partial charge in [-0.2, -0.15) is 0 Å². The Morgan fingerprint density at radius 1 is 1.17 bits per heavy atom. The van der Waals surface area contributed by atoms with E-state index >= 15 is 0 Å². The topological polar surface area (TPSA) is 80.8 Å². The zero-order chi connectivity index (χ0) is 22.5. The van der Waals surface area contributed by atoms with Gasteiger partial charge in [-0.15, -0.1) is 0 Å². The summed E-state index contributed by atoms with van der Waals surface area (Å²) in [6.45, 7) is 5.04. The quantitative estimate of drug-likeness (QED) is 0.773. The molecule has 0 aliphatic heterocycles. The third-order valence-electron chi connectivity index (χ3n) is 4.00. The molecule has 2 rings (SSSR count). The summed E-state index contributed by atoms with van der Waals surface area (Å²) in [6, 6.07) is 5.02. The number of benzene rings is 1. The van der Waals surface area contributed by atoms with Crippen LogP contribution in [-0.2, 0) is 16.0 Å². The third kappa shape index (κ3) is 6.68. The molecule has 9 heteroatoms. The fourth-order valence-electron chi connectivity index (χ4n) is 2.67. The van der Waals surface area contributed by atoms with Crippen molar-refractivity contribution in [2.24, 2.45) is 0 Å². The number of nitrogens with zero attached hydrogens (tertiary/aromatic N) is 2. The minimum atomic E-state index is -1.13. The molecule has 1 N–H and O–H groups in total. The van der Waals surface area contributed by atoms with Crippen LogP contribution in [0, 0.1) is 11.6 Å². The van der Waals surface area contributed by atoms with Gasteiger partial charge in [-0.05, 0) is 44.5 Å². The number of pyridine rings is 1. The summed E-state index contributed by atoms with van der Waals surface area (Å²) in [5, 5.41) is 2.49. The van der Waals surface area contributed by atoms with Crippen molar-refractivity contribution in [3.8, 4) is 5.88 Å². The number of likely N-dealkylation sites (N-methyl/N-ethyl adjacent to an activating group) is 1. The zero-order valence-corrected chi connectivity index (χ0v) is 17.5. The van der Waals surface area contributed by atoms with Crippen LogP contribution >= 0.6 is 0 Å². The SMILES string of the molecule is COc1ccc(N(C)C(=O)[C@H](Cc2cc(F)cc(F)c2)NC(=O)OC(C)(C)C)cn1. The van der Waals surface area contributed by atoms with E-state index in [2.05, 4.69) is 10.3 Å². The number of anilines is 1. The van der Waals surface area contributed by atoms with Gasteiger partial charge in [0, 0.05) is 25.6 Å². The monoisotopic (exact) mass is 421 g/mol. The van der Waals surface area contributed by atoms with Crippen LogP contribution in [0.1, 0.15) is 26.3 Å². The van der Waals surface area contributed by atoms with Gasteiger partial charge in [-0.25, -0.2) is 18.6 Å². The van der Waals surface area contributed by atoms with E-state index in [4.69, 9.17) is 9.47 Å². The van der Waals surface area contributed by atoms with Crippen molar-refractivity contribution >= 4 is 17.7 Å². The van der Waals surface area contributed by atoms with E-state index in [-0.39, 0.29) is 12.0 Å². The van der Waals surface area contributed by atoms with Crippen LogP contribution in [0.3, 0.4) is 0 Å². The Kier molecular flexibility index (Phi) is 7.31. The van der Waals surface area contributed by atoms with Gasteiger partial charge in [0.15, 0.2) is 0 Å². The molecule has 1 aromatic heterocycles. The second-order valence-corrected chi connectivity index (χ2v) is 7.64. The lowest BCUT2D eigenvalue weighted by Gasteiger charge is -2.26. The fourth-order valence-corrected chi connectivity index (χ4v) is 2.67. The number of halogens is 2. The van der Waals surface area contributed by atoms with Crippen LogP contribution in [0.2, 0.25) is 0 Å². The molecule has 0 saturated carbocycles. The molecule has 0 spiro atoms. The highest BCUT2D eigenvalue weighted by Gasteiger charge is 2.28. The van der Waals surface area contributed by atoms with Gasteiger partial charge in [0.2, 0.25) is 11.8 Å². The van der Waals surface area contributed by atoms with E-state index in [0.29, 0.717) is 11.6 Å². The van der Waals surface area contributed by atoms with Crippen molar-refractivity contribution in [1.29, 1.82) is 0 Å². The molecule has 0 saturated heterocycles. The van der Waals surface area contributed by atoms with Gasteiger partial charge in [-0.3, -0.25) is 4.79 Å². The maximum atomic E-state index is 13.6. The molecule has 2 amide bonds. The first-order valence-electron chi connectivity index (χ1n) is 9.20. The zero-order valence-electron chi connectivity index (χ0n) is 17.5. The average molecular weight is 421 g/mol. The highest BCUT2D eigenvalue weighted by Crippen LogP contribution is 2.18. The molecule has 1 heterocycles. The van der Waals surface area contributed by atoms with Crippen LogP contribution in [0.15, 0.2) is 36.5 Å². The lowest BCUT2D eigenvalue weighted by atomic mass is 10.0. The fraction of sp³-hybridized carbons (Fsp3) is 0.381. The summed E-state index contributed by atoms with van der Waals surface area (Å²) in [4.78, 5) is 30.7. The first-order chi connectivity index (χ1) is 14.0. The summed E-state index contributed by atoms with van der Waals surface area (Å²) in [5.74, 6) is -1.70. The third-order valence-corrected chi connectivity index (χ3v) is 4.00. The largest absolute Gasteiger partial charge is 0.481 e. The number of amides is 2. The molecule has 7 nitrogen and oxygen atoms in total. The molecule has 0 unspecified atom stereocenters. The van der Waals surface area contributed by atoms with Crippen molar-refractivity contribution in [2.45, 2.75) is 38.8 Å². The number of rotatable bonds is 6. The van der Waals surface area contributed by atoms with E-state index in [1.807, 2.05) is 0 Å². The second-order valence-electron chi connectivity index (χ2n) is 7.64. The number of carbonyl (C=O) groups is 2. The maximum Gasteiger partial charge on any atom is 0.408 e. The Balaban J connectivity index is 2.27. The minimum absolute atomic E-state index is 0.138. The van der Waals surface area contributed by atoms with Crippen LogP contribution in [0.5, 0.6) is 5.88 Å². The van der Waals surface area contributed by atoms with E-state index in [1.165, 1.54) is 25.3 Å². The Morgan fingerprint density at radius 2 is 1.80 bits per heavy atom. The van der Waals surface area contributed by atoms with Crippen LogP contribution < -0.4 is 15.0 Å². The lowest BCUT2D eigenvalue weighted by Crippen LogP contribution is -2.50. The summed E-state index contributed by atoms with van der Waals surface area (Å²) in [6.07, 6.45) is 0.475. The van der Waals surface area contributed by atoms with E-state index in [1.54, 1.807) is 32.9 Å². The number of carbonyl (C=O) groups excluding carboxylic acids is 2. The molecule has 2 aromatic rings. The number of hydrogen-bond acceptors (Lipinski definition) is 5. The normalized spacial score (nSPS) is 12.1. The first-order valence-corrected chi connectivity index (χ1v) is 9.20. The molecule has 30 heavy (non-hydrogen) atoms. The molecule has 1 aromatic carbocycles. The Bertz CT molecular complexity index is 878. The minimum Gasteiger partial charge on any atom is -0.481 e. The van der Waals surface area contributed by atoms with Crippen molar-refractivity contribution in [2.75, 3.05) is 19.1 Å². The number of alkyl carbamates (subject to hydrolysis) is 1. The summed E-state index contributed by atoms with van der Waals surface area (Å²) in [5.41, 5.74) is -0.126. The van der Waals surface area contributed by atoms with Gasteiger partial charge < -0.3 is 19.7 Å². The Morgan fingerprint density at radius 3 is 2.30 bits per heavy atom. The van der Waals surface area contributed by atoms with E-state index in [9.17, 15) is 18.4 Å². The van der Waals surface area contributed by atoms with Crippen LogP contribution in [0.25, 0.3) is 0 Å². The first kappa shape index (κ1) is 23.1. The number of methoxy groups -OCH3 is 1. The molecule has 1 atom stereocenters. The smallest absolute Gasteiger partial charge is 0.408 e. The molecule has 0 aliphatic carbocycles. The van der Waals surface area contributed by atoms with Gasteiger partial charge in [-0.1, -0.05) is 0 Å². The van der Waals surface area contributed by atoms with Crippen LogP contribution in [0.4, 0.5) is 19.3 Å². The number of nitrogens with one attached hydrogen (secondary N) is 1. The number of hydrogen-bond donors (Lipinski definition) is 1. The van der Waals surface area contributed by atoms with Crippen molar-refractivity contribution < 1.29 is 27.8 Å². The van der Waals surface area contributed by atoms with Crippen LogP contribution in [-0.4, -0.2) is 42.8 Å². The number of aromatic nitrogens is 1. The molecule has 0 aliphatic rings.